The van der Waals surface area contributed by atoms with Gasteiger partial charge < -0.3 is 14.8 Å². The maximum absolute atomic E-state index is 5.31. The predicted octanol–water partition coefficient (Wildman–Crippen LogP) is 3.69. The molecule has 96 valence electrons. The lowest BCUT2D eigenvalue weighted by Crippen LogP contribution is -2.01. The third-order valence-electron chi connectivity index (χ3n) is 2.76. The van der Waals surface area contributed by atoms with Crippen molar-refractivity contribution in [2.75, 3.05) is 19.5 Å². The largest absolute Gasteiger partial charge is 0.493 e. The Morgan fingerprint density at radius 3 is 2.50 bits per heavy atom. The fourth-order valence-corrected chi connectivity index (χ4v) is 2.41. The van der Waals surface area contributed by atoms with Gasteiger partial charge in [-0.05, 0) is 30.0 Å². The first-order valence-electron chi connectivity index (χ1n) is 5.73. The van der Waals surface area contributed by atoms with Crippen molar-refractivity contribution >= 4 is 17.0 Å². The van der Waals surface area contributed by atoms with Crippen LogP contribution in [0.5, 0.6) is 11.5 Å². The van der Waals surface area contributed by atoms with E-state index in [0.717, 1.165) is 29.3 Å². The molecule has 1 aromatic carbocycles. The molecule has 0 aliphatic rings. The third-order valence-corrected chi connectivity index (χ3v) is 3.64. The van der Waals surface area contributed by atoms with Crippen LogP contribution in [0.1, 0.15) is 10.4 Å². The zero-order valence-corrected chi connectivity index (χ0v) is 11.6. The minimum Gasteiger partial charge on any atom is -0.493 e. The molecule has 0 unspecified atom stereocenters. The lowest BCUT2D eigenvalue weighted by Gasteiger charge is -2.13. The zero-order chi connectivity index (χ0) is 13.0. The van der Waals surface area contributed by atoms with Crippen LogP contribution < -0.4 is 14.8 Å². The van der Waals surface area contributed by atoms with Crippen LogP contribution in [0.25, 0.3) is 0 Å². The molecule has 3 nitrogen and oxygen atoms in total. The number of anilines is 1. The standard InChI is InChI=1S/C14H17NO2S/c1-10-7-13(16-2)14(17-3)8-12(10)15-9-11-5-4-6-18-11/h4-8,15H,9H2,1-3H3. The molecule has 0 amide bonds. The van der Waals surface area contributed by atoms with Crippen molar-refractivity contribution < 1.29 is 9.47 Å². The number of hydrogen-bond acceptors (Lipinski definition) is 4. The highest BCUT2D eigenvalue weighted by molar-refractivity contribution is 7.09. The van der Waals surface area contributed by atoms with Crippen molar-refractivity contribution in [2.24, 2.45) is 0 Å². The number of thiophene rings is 1. The van der Waals surface area contributed by atoms with Gasteiger partial charge >= 0.3 is 0 Å². The summed E-state index contributed by atoms with van der Waals surface area (Å²) in [5, 5.41) is 5.50. The molecule has 2 aromatic rings. The Labute approximate surface area is 111 Å². The maximum Gasteiger partial charge on any atom is 0.162 e. The molecule has 0 fully saturated rings. The Bertz CT molecular complexity index is 509. The van der Waals surface area contributed by atoms with E-state index >= 15 is 0 Å². The van der Waals surface area contributed by atoms with Gasteiger partial charge in [0.25, 0.3) is 0 Å². The Balaban J connectivity index is 2.17. The summed E-state index contributed by atoms with van der Waals surface area (Å²) in [6, 6.07) is 8.13. The first-order chi connectivity index (χ1) is 8.74. The van der Waals surface area contributed by atoms with E-state index in [0.29, 0.717) is 0 Å². The van der Waals surface area contributed by atoms with Crippen molar-refractivity contribution in [2.45, 2.75) is 13.5 Å². The van der Waals surface area contributed by atoms with Crippen LogP contribution in [0.3, 0.4) is 0 Å². The Hall–Kier alpha value is -1.68. The van der Waals surface area contributed by atoms with E-state index < -0.39 is 0 Å². The summed E-state index contributed by atoms with van der Waals surface area (Å²) in [7, 11) is 3.30. The molecule has 0 atom stereocenters. The van der Waals surface area contributed by atoms with E-state index in [4.69, 9.17) is 9.47 Å². The quantitative estimate of drug-likeness (QED) is 0.892. The first-order valence-corrected chi connectivity index (χ1v) is 6.61. The second-order valence-electron chi connectivity index (χ2n) is 3.96. The summed E-state index contributed by atoms with van der Waals surface area (Å²) in [5.74, 6) is 1.51. The van der Waals surface area contributed by atoms with Crippen LogP contribution in [-0.2, 0) is 6.54 Å². The molecule has 0 saturated carbocycles. The maximum atomic E-state index is 5.31. The molecule has 2 rings (SSSR count). The highest BCUT2D eigenvalue weighted by atomic mass is 32.1. The lowest BCUT2D eigenvalue weighted by atomic mass is 10.1. The van der Waals surface area contributed by atoms with Crippen molar-refractivity contribution in [1.82, 2.24) is 0 Å². The summed E-state index contributed by atoms with van der Waals surface area (Å²) >= 11 is 1.75. The van der Waals surface area contributed by atoms with Crippen LogP contribution in [0.2, 0.25) is 0 Å². The highest BCUT2D eigenvalue weighted by Gasteiger charge is 2.08. The van der Waals surface area contributed by atoms with E-state index in [1.54, 1.807) is 25.6 Å². The number of nitrogens with one attached hydrogen (secondary N) is 1. The number of benzene rings is 1. The van der Waals surface area contributed by atoms with E-state index in [9.17, 15) is 0 Å². The fourth-order valence-electron chi connectivity index (χ4n) is 1.77. The number of rotatable bonds is 5. The minimum atomic E-state index is 0.747. The SMILES string of the molecule is COc1cc(C)c(NCc2cccs2)cc1OC. The summed E-state index contributed by atoms with van der Waals surface area (Å²) in [4.78, 5) is 1.31. The van der Waals surface area contributed by atoms with Crippen LogP contribution >= 0.6 is 11.3 Å². The molecule has 0 aliphatic heterocycles. The molecule has 0 spiro atoms. The number of ether oxygens (including phenoxy) is 2. The molecule has 0 radical (unpaired) electrons. The molecule has 1 N–H and O–H groups in total. The van der Waals surface area contributed by atoms with Gasteiger partial charge in [-0.15, -0.1) is 11.3 Å². The average molecular weight is 263 g/mol. The van der Waals surface area contributed by atoms with E-state index in [2.05, 4.69) is 29.8 Å². The van der Waals surface area contributed by atoms with Crippen molar-refractivity contribution in [3.8, 4) is 11.5 Å². The molecule has 0 aliphatic carbocycles. The van der Waals surface area contributed by atoms with Crippen LogP contribution in [0.15, 0.2) is 29.6 Å². The topological polar surface area (TPSA) is 30.5 Å². The molecule has 0 bridgehead atoms. The van der Waals surface area contributed by atoms with Crippen LogP contribution in [-0.4, -0.2) is 14.2 Å². The molecule has 0 saturated heterocycles. The number of aryl methyl sites for hydroxylation is 1. The molecule has 1 aromatic heterocycles. The Morgan fingerprint density at radius 2 is 1.89 bits per heavy atom. The molecular formula is C14H17NO2S. The Morgan fingerprint density at radius 1 is 1.17 bits per heavy atom. The van der Waals surface area contributed by atoms with Gasteiger partial charge in [-0.3, -0.25) is 0 Å². The molecule has 1 heterocycles. The van der Waals surface area contributed by atoms with Gasteiger partial charge in [0.1, 0.15) is 0 Å². The van der Waals surface area contributed by atoms with Gasteiger partial charge in [-0.1, -0.05) is 6.07 Å². The van der Waals surface area contributed by atoms with Crippen LogP contribution in [0.4, 0.5) is 5.69 Å². The van der Waals surface area contributed by atoms with E-state index in [-0.39, 0.29) is 0 Å². The zero-order valence-electron chi connectivity index (χ0n) is 10.8. The minimum absolute atomic E-state index is 0.747. The monoisotopic (exact) mass is 263 g/mol. The lowest BCUT2D eigenvalue weighted by molar-refractivity contribution is 0.355. The first kappa shape index (κ1) is 12.8. The van der Waals surface area contributed by atoms with E-state index in [1.807, 2.05) is 12.1 Å². The average Bonchev–Trinajstić information content (AvgIpc) is 2.90. The summed E-state index contributed by atoms with van der Waals surface area (Å²) in [6.07, 6.45) is 0. The van der Waals surface area contributed by atoms with Crippen molar-refractivity contribution in [3.63, 3.8) is 0 Å². The number of methoxy groups -OCH3 is 2. The number of hydrogen-bond donors (Lipinski definition) is 1. The predicted molar refractivity (Wildman–Crippen MR) is 75.9 cm³/mol. The fraction of sp³-hybridized carbons (Fsp3) is 0.286. The third kappa shape index (κ3) is 2.76. The highest BCUT2D eigenvalue weighted by Crippen LogP contribution is 2.33. The van der Waals surface area contributed by atoms with Crippen LogP contribution in [0, 0.1) is 6.92 Å². The summed E-state index contributed by atoms with van der Waals surface area (Å²) in [6.45, 7) is 2.88. The normalized spacial score (nSPS) is 10.2. The van der Waals surface area contributed by atoms with E-state index in [1.165, 1.54) is 4.88 Å². The van der Waals surface area contributed by atoms with Gasteiger partial charge in [0.15, 0.2) is 11.5 Å². The molecular weight excluding hydrogens is 246 g/mol. The van der Waals surface area contributed by atoms with Crippen molar-refractivity contribution in [3.05, 3.63) is 40.1 Å². The molecule has 4 heteroatoms. The summed E-state index contributed by atoms with van der Waals surface area (Å²) in [5.41, 5.74) is 2.21. The van der Waals surface area contributed by atoms with Gasteiger partial charge in [-0.25, -0.2) is 0 Å². The smallest absolute Gasteiger partial charge is 0.162 e. The Kier molecular flexibility index (Phi) is 4.10. The van der Waals surface area contributed by atoms with Gasteiger partial charge in [0.2, 0.25) is 0 Å². The van der Waals surface area contributed by atoms with Crippen molar-refractivity contribution in [1.29, 1.82) is 0 Å². The summed E-state index contributed by atoms with van der Waals surface area (Å²) < 4.78 is 10.6. The second-order valence-corrected chi connectivity index (χ2v) is 4.99. The van der Waals surface area contributed by atoms with Gasteiger partial charge in [-0.2, -0.15) is 0 Å². The second kappa shape index (κ2) is 5.78. The van der Waals surface area contributed by atoms with Gasteiger partial charge in [0, 0.05) is 23.2 Å². The molecule has 18 heavy (non-hydrogen) atoms. The van der Waals surface area contributed by atoms with Gasteiger partial charge in [0.05, 0.1) is 14.2 Å².